The number of esters is 1. The Labute approximate surface area is 197 Å². The predicted octanol–water partition coefficient (Wildman–Crippen LogP) is 4.72. The monoisotopic (exact) mass is 513 g/mol. The van der Waals surface area contributed by atoms with Gasteiger partial charge in [0.05, 0.1) is 22.5 Å². The smallest absolute Gasteiger partial charge is 0.343 e. The van der Waals surface area contributed by atoms with E-state index in [1.807, 2.05) is 19.1 Å². The first-order valence-electron chi connectivity index (χ1n) is 9.31. The van der Waals surface area contributed by atoms with E-state index in [0.29, 0.717) is 26.3 Å². The van der Waals surface area contributed by atoms with E-state index in [2.05, 4.69) is 31.8 Å². The van der Waals surface area contributed by atoms with Gasteiger partial charge in [0.1, 0.15) is 5.75 Å². The van der Waals surface area contributed by atoms with E-state index >= 15 is 0 Å². The van der Waals surface area contributed by atoms with Crippen molar-refractivity contribution in [2.75, 3.05) is 5.32 Å². The van der Waals surface area contributed by atoms with Crippen LogP contribution in [0.3, 0.4) is 0 Å². The molecule has 3 aromatic rings. The topological polar surface area (TPSA) is 96.9 Å². The number of anilines is 1. The summed E-state index contributed by atoms with van der Waals surface area (Å²) in [5.41, 5.74) is 4.25. The number of ether oxygens (including phenoxy) is 1. The summed E-state index contributed by atoms with van der Waals surface area (Å²) in [5, 5.41) is 6.48. The summed E-state index contributed by atoms with van der Waals surface area (Å²) in [7, 11) is 0. The second kappa shape index (κ2) is 10.7. The molecule has 3 rings (SSSR count). The van der Waals surface area contributed by atoms with Crippen LogP contribution in [-0.4, -0.2) is 24.0 Å². The number of nitrogens with zero attached hydrogens (tertiary/aromatic N) is 1. The molecule has 0 radical (unpaired) electrons. The highest BCUT2D eigenvalue weighted by atomic mass is 79.9. The van der Waals surface area contributed by atoms with E-state index < -0.39 is 17.8 Å². The average molecular weight is 515 g/mol. The molecular weight excluding hydrogens is 498 g/mol. The fraction of sp³-hybridized carbons (Fsp3) is 0.0435. The Hall–Kier alpha value is -3.49. The Kier molecular flexibility index (Phi) is 7.75. The van der Waals surface area contributed by atoms with Crippen molar-refractivity contribution in [2.24, 2.45) is 5.10 Å². The number of hydrogen-bond donors (Lipinski definition) is 2. The van der Waals surface area contributed by atoms with Gasteiger partial charge in [-0.05, 0) is 49.4 Å². The molecule has 0 unspecified atom stereocenters. The van der Waals surface area contributed by atoms with E-state index in [9.17, 15) is 14.4 Å². The molecular formula is C23H17BrClN3O4. The number of hydrazone groups is 1. The average Bonchev–Trinajstić information content (AvgIpc) is 2.77. The lowest BCUT2D eigenvalue weighted by atomic mass is 10.1. The van der Waals surface area contributed by atoms with Crippen molar-refractivity contribution in [1.29, 1.82) is 0 Å². The molecule has 7 nitrogen and oxygen atoms in total. The van der Waals surface area contributed by atoms with Gasteiger partial charge in [0.15, 0.2) is 0 Å². The van der Waals surface area contributed by atoms with Crippen molar-refractivity contribution in [3.63, 3.8) is 0 Å². The minimum absolute atomic E-state index is 0.234. The molecule has 0 aliphatic rings. The van der Waals surface area contributed by atoms with Crippen LogP contribution in [0.25, 0.3) is 0 Å². The number of halogens is 2. The Bertz CT molecular complexity index is 1200. The molecule has 3 aromatic carbocycles. The summed E-state index contributed by atoms with van der Waals surface area (Å²) >= 11 is 9.30. The number of aryl methyl sites for hydroxylation is 1. The summed E-state index contributed by atoms with van der Waals surface area (Å²) in [6.45, 7) is 1.92. The number of rotatable bonds is 5. The number of hydrogen-bond acceptors (Lipinski definition) is 5. The van der Waals surface area contributed by atoms with Gasteiger partial charge in [-0.3, -0.25) is 9.59 Å². The van der Waals surface area contributed by atoms with Gasteiger partial charge >= 0.3 is 17.8 Å². The maximum Gasteiger partial charge on any atom is 0.343 e. The summed E-state index contributed by atoms with van der Waals surface area (Å²) < 4.78 is 6.17. The highest BCUT2D eigenvalue weighted by Crippen LogP contribution is 2.23. The van der Waals surface area contributed by atoms with Gasteiger partial charge in [-0.25, -0.2) is 10.2 Å². The minimum atomic E-state index is -0.991. The summed E-state index contributed by atoms with van der Waals surface area (Å²) in [4.78, 5) is 36.5. The zero-order chi connectivity index (χ0) is 23.1. The number of amides is 2. The third kappa shape index (κ3) is 6.26. The lowest BCUT2D eigenvalue weighted by Crippen LogP contribution is -2.32. The van der Waals surface area contributed by atoms with Crippen LogP contribution in [0.1, 0.15) is 21.5 Å². The quantitative estimate of drug-likeness (QED) is 0.169. The largest absolute Gasteiger partial charge is 0.422 e. The summed E-state index contributed by atoms with van der Waals surface area (Å²) in [6.07, 6.45) is 1.27. The molecule has 0 aliphatic heterocycles. The van der Waals surface area contributed by atoms with Gasteiger partial charge in [-0.15, -0.1) is 0 Å². The number of para-hydroxylation sites is 1. The molecule has 32 heavy (non-hydrogen) atoms. The fourth-order valence-corrected chi connectivity index (χ4v) is 3.08. The van der Waals surface area contributed by atoms with Crippen LogP contribution in [0.5, 0.6) is 5.75 Å². The highest BCUT2D eigenvalue weighted by molar-refractivity contribution is 9.10. The normalized spacial score (nSPS) is 10.6. The first-order valence-corrected chi connectivity index (χ1v) is 10.5. The lowest BCUT2D eigenvalue weighted by Gasteiger charge is -2.08. The standard InChI is InChI=1S/C23H17BrClN3O4/c1-14-6-8-15(9-7-14)23(31)32-20-11-10-17(24)12-16(20)13-26-28-22(30)21(29)27-19-5-3-2-4-18(19)25/h2-13H,1H3,(H,27,29)(H,28,30)/b26-13+. The zero-order valence-corrected chi connectivity index (χ0v) is 19.1. The molecule has 0 saturated carbocycles. The van der Waals surface area contributed by atoms with Crippen molar-refractivity contribution in [2.45, 2.75) is 6.92 Å². The number of benzene rings is 3. The number of carbonyl (C=O) groups excluding carboxylic acids is 3. The number of carbonyl (C=O) groups is 3. The van der Waals surface area contributed by atoms with Gasteiger partial charge < -0.3 is 10.1 Å². The molecule has 0 saturated heterocycles. The van der Waals surface area contributed by atoms with E-state index in [1.165, 1.54) is 6.21 Å². The van der Waals surface area contributed by atoms with Crippen LogP contribution in [0, 0.1) is 6.92 Å². The van der Waals surface area contributed by atoms with Gasteiger partial charge in [0.25, 0.3) is 0 Å². The van der Waals surface area contributed by atoms with Crippen LogP contribution < -0.4 is 15.5 Å². The summed E-state index contributed by atoms with van der Waals surface area (Å²) in [5.74, 6) is -2.23. The van der Waals surface area contributed by atoms with E-state index in [-0.39, 0.29) is 5.75 Å². The molecule has 2 N–H and O–H groups in total. The Balaban J connectivity index is 1.67. The van der Waals surface area contributed by atoms with Crippen LogP contribution in [0.15, 0.2) is 76.3 Å². The van der Waals surface area contributed by atoms with Crippen LogP contribution in [0.4, 0.5) is 5.69 Å². The molecule has 0 fully saturated rings. The van der Waals surface area contributed by atoms with E-state index in [0.717, 1.165) is 5.56 Å². The molecule has 0 bridgehead atoms. The van der Waals surface area contributed by atoms with E-state index in [1.54, 1.807) is 54.6 Å². The molecule has 0 atom stereocenters. The Morgan fingerprint density at radius 2 is 1.72 bits per heavy atom. The van der Waals surface area contributed by atoms with Crippen molar-refractivity contribution in [1.82, 2.24) is 5.43 Å². The van der Waals surface area contributed by atoms with Crippen LogP contribution in [0.2, 0.25) is 5.02 Å². The maximum atomic E-state index is 12.4. The minimum Gasteiger partial charge on any atom is -0.422 e. The van der Waals surface area contributed by atoms with Crippen molar-refractivity contribution >= 4 is 57.2 Å². The first-order chi connectivity index (χ1) is 15.3. The highest BCUT2D eigenvalue weighted by Gasteiger charge is 2.15. The zero-order valence-electron chi connectivity index (χ0n) is 16.8. The van der Waals surface area contributed by atoms with Gasteiger partial charge in [-0.1, -0.05) is 57.4 Å². The molecule has 0 heterocycles. The summed E-state index contributed by atoms with van der Waals surface area (Å²) in [6, 6.07) is 18.4. The molecule has 9 heteroatoms. The SMILES string of the molecule is Cc1ccc(C(=O)Oc2ccc(Br)cc2/C=N/NC(=O)C(=O)Nc2ccccc2Cl)cc1. The maximum absolute atomic E-state index is 12.4. The second-order valence-corrected chi connectivity index (χ2v) is 7.89. The van der Waals surface area contributed by atoms with Gasteiger partial charge in [0.2, 0.25) is 0 Å². The molecule has 0 aromatic heterocycles. The van der Waals surface area contributed by atoms with Crippen molar-refractivity contribution < 1.29 is 19.1 Å². The molecule has 0 spiro atoms. The second-order valence-electron chi connectivity index (χ2n) is 6.57. The molecule has 0 aliphatic carbocycles. The third-order valence-electron chi connectivity index (χ3n) is 4.16. The Morgan fingerprint density at radius 1 is 1.00 bits per heavy atom. The van der Waals surface area contributed by atoms with Crippen LogP contribution in [-0.2, 0) is 9.59 Å². The Morgan fingerprint density at radius 3 is 2.44 bits per heavy atom. The van der Waals surface area contributed by atoms with Gasteiger partial charge in [0, 0.05) is 10.0 Å². The third-order valence-corrected chi connectivity index (χ3v) is 4.98. The van der Waals surface area contributed by atoms with Crippen molar-refractivity contribution in [3.8, 4) is 5.75 Å². The molecule has 2 amide bonds. The fourth-order valence-electron chi connectivity index (χ4n) is 2.51. The lowest BCUT2D eigenvalue weighted by molar-refractivity contribution is -0.136. The number of nitrogens with one attached hydrogen (secondary N) is 2. The van der Waals surface area contributed by atoms with Crippen LogP contribution >= 0.6 is 27.5 Å². The molecule has 162 valence electrons. The van der Waals surface area contributed by atoms with E-state index in [4.69, 9.17) is 16.3 Å². The predicted molar refractivity (Wildman–Crippen MR) is 126 cm³/mol. The van der Waals surface area contributed by atoms with Gasteiger partial charge in [-0.2, -0.15) is 5.10 Å². The first kappa shape index (κ1) is 23.2. The van der Waals surface area contributed by atoms with Crippen molar-refractivity contribution in [3.05, 3.63) is 92.9 Å².